The smallest absolute Gasteiger partial charge is 0.324 e. The third kappa shape index (κ3) is 5.04. The van der Waals surface area contributed by atoms with Crippen LogP contribution in [0, 0.1) is 0 Å². The highest BCUT2D eigenvalue weighted by atomic mass is 32.2. The maximum absolute atomic E-state index is 13.0. The monoisotopic (exact) mass is 420 g/mol. The van der Waals surface area contributed by atoms with Crippen LogP contribution in [0.1, 0.15) is 25.0 Å². The number of nitrogens with zero attached hydrogens (tertiary/aromatic N) is 2. The fourth-order valence-corrected chi connectivity index (χ4v) is 4.89. The predicted molar refractivity (Wildman–Crippen MR) is 104 cm³/mol. The molecule has 0 bridgehead atoms. The van der Waals surface area contributed by atoms with E-state index in [1.54, 1.807) is 37.4 Å². The Labute approximate surface area is 170 Å². The van der Waals surface area contributed by atoms with Gasteiger partial charge in [-0.3, -0.25) is 9.59 Å². The van der Waals surface area contributed by atoms with Gasteiger partial charge in [-0.2, -0.15) is 4.31 Å². The van der Waals surface area contributed by atoms with Gasteiger partial charge < -0.3 is 14.1 Å². The minimum absolute atomic E-state index is 0.133. The lowest BCUT2D eigenvalue weighted by molar-refractivity contribution is -0.155. The normalized spacial score (nSPS) is 17.6. The van der Waals surface area contributed by atoms with E-state index in [0.717, 1.165) is 0 Å². The Hall–Kier alpha value is -2.65. The number of amides is 1. The quantitative estimate of drug-likeness (QED) is 0.636. The highest BCUT2D eigenvalue weighted by Crippen LogP contribution is 2.26. The number of hydrogen-bond donors (Lipinski definition) is 0. The maximum Gasteiger partial charge on any atom is 0.324 e. The van der Waals surface area contributed by atoms with Gasteiger partial charge >= 0.3 is 5.97 Å². The lowest BCUT2D eigenvalue weighted by Gasteiger charge is -2.33. The van der Waals surface area contributed by atoms with E-state index in [1.807, 2.05) is 0 Å². The molecule has 156 valence electrons. The Bertz CT molecular complexity index is 927. The van der Waals surface area contributed by atoms with E-state index in [9.17, 15) is 18.0 Å². The average Bonchev–Trinajstić information content (AvgIpc) is 3.25. The summed E-state index contributed by atoms with van der Waals surface area (Å²) in [5.41, 5.74) is 0. The summed E-state index contributed by atoms with van der Waals surface area (Å²) in [6.07, 6.45) is 3.26. The van der Waals surface area contributed by atoms with Crippen LogP contribution in [0.4, 0.5) is 0 Å². The topological polar surface area (TPSA) is 97.1 Å². The van der Waals surface area contributed by atoms with Gasteiger partial charge in [0.05, 0.1) is 17.7 Å². The molecule has 2 heterocycles. The van der Waals surface area contributed by atoms with Crippen LogP contribution in [0.5, 0.6) is 0 Å². The summed E-state index contributed by atoms with van der Waals surface area (Å²) in [7, 11) is -2.25. The van der Waals surface area contributed by atoms with Crippen LogP contribution in [-0.2, 0) is 30.9 Å². The minimum Gasteiger partial charge on any atom is -0.467 e. The number of carbonyl (C=O) groups is 2. The first kappa shape index (κ1) is 21.1. The third-order valence-corrected chi connectivity index (χ3v) is 6.73. The Morgan fingerprint density at radius 3 is 2.62 bits per heavy atom. The van der Waals surface area contributed by atoms with Crippen LogP contribution in [0.25, 0.3) is 0 Å². The number of sulfonamides is 1. The van der Waals surface area contributed by atoms with Crippen LogP contribution in [0.15, 0.2) is 58.0 Å². The van der Waals surface area contributed by atoms with Gasteiger partial charge in [0.25, 0.3) is 5.91 Å². The molecule has 3 rings (SSSR count). The summed E-state index contributed by atoms with van der Waals surface area (Å²) in [5, 5.41) is 0. The Balaban J connectivity index is 1.63. The summed E-state index contributed by atoms with van der Waals surface area (Å²) in [4.78, 5) is 26.4. The molecule has 1 fully saturated rings. The first-order chi connectivity index (χ1) is 13.9. The second-order valence-corrected chi connectivity index (χ2v) is 8.77. The highest BCUT2D eigenvalue weighted by molar-refractivity contribution is 7.89. The first-order valence-corrected chi connectivity index (χ1v) is 10.8. The van der Waals surface area contributed by atoms with Crippen molar-refractivity contribution in [2.75, 3.05) is 20.2 Å². The van der Waals surface area contributed by atoms with E-state index in [-0.39, 0.29) is 18.0 Å². The number of esters is 1. The zero-order chi connectivity index (χ0) is 20.9. The van der Waals surface area contributed by atoms with Crippen LogP contribution in [0.2, 0.25) is 0 Å². The molecule has 1 atom stereocenters. The number of ether oxygens (including phenoxy) is 1. The van der Waals surface area contributed by atoms with E-state index >= 15 is 0 Å². The van der Waals surface area contributed by atoms with Crippen LogP contribution < -0.4 is 0 Å². The van der Waals surface area contributed by atoms with Crippen LogP contribution in [-0.4, -0.2) is 55.7 Å². The van der Waals surface area contributed by atoms with Crippen molar-refractivity contribution in [2.45, 2.75) is 36.7 Å². The fourth-order valence-electron chi connectivity index (χ4n) is 3.22. The average molecular weight is 420 g/mol. The second kappa shape index (κ2) is 9.23. The molecule has 8 nitrogen and oxygen atoms in total. The van der Waals surface area contributed by atoms with Crippen LogP contribution >= 0.6 is 0 Å². The molecular weight excluding hydrogens is 396 g/mol. The molecule has 29 heavy (non-hydrogen) atoms. The summed E-state index contributed by atoms with van der Waals surface area (Å²) in [5.74, 6) is -0.494. The number of furan rings is 1. The van der Waals surface area contributed by atoms with E-state index in [4.69, 9.17) is 9.15 Å². The van der Waals surface area contributed by atoms with Crippen molar-refractivity contribution >= 4 is 21.9 Å². The molecule has 2 aromatic rings. The molecule has 9 heteroatoms. The molecule has 1 aliphatic rings. The van der Waals surface area contributed by atoms with Crippen molar-refractivity contribution in [2.24, 2.45) is 0 Å². The molecule has 0 spiro atoms. The minimum atomic E-state index is -3.82. The van der Waals surface area contributed by atoms with Crippen molar-refractivity contribution in [1.82, 2.24) is 9.21 Å². The summed E-state index contributed by atoms with van der Waals surface area (Å²) in [6, 6.07) is 10.5. The molecule has 1 aliphatic heterocycles. The Morgan fingerprint density at radius 1 is 1.17 bits per heavy atom. The SMILES string of the molecule is CN(Cc1ccco1)C(=O)COC(=O)C1CCCCN1S(=O)(=O)c1ccccc1. The second-order valence-electron chi connectivity index (χ2n) is 6.88. The summed E-state index contributed by atoms with van der Waals surface area (Å²) >= 11 is 0. The van der Waals surface area contributed by atoms with Crippen molar-refractivity contribution < 1.29 is 27.2 Å². The van der Waals surface area contributed by atoms with Gasteiger partial charge in [-0.15, -0.1) is 0 Å². The Morgan fingerprint density at radius 2 is 1.93 bits per heavy atom. The highest BCUT2D eigenvalue weighted by Gasteiger charge is 2.38. The lowest BCUT2D eigenvalue weighted by Crippen LogP contribution is -2.49. The number of piperidine rings is 1. The molecule has 1 unspecified atom stereocenters. The van der Waals surface area contributed by atoms with Crippen molar-refractivity contribution in [3.8, 4) is 0 Å². The summed E-state index contributed by atoms with van der Waals surface area (Å²) in [6.45, 7) is 0.0381. The van der Waals surface area contributed by atoms with Gasteiger partial charge in [-0.25, -0.2) is 8.42 Å². The Kier molecular flexibility index (Phi) is 6.71. The number of hydrogen-bond acceptors (Lipinski definition) is 6. The molecule has 1 saturated heterocycles. The third-order valence-electron chi connectivity index (χ3n) is 4.81. The molecular formula is C20H24N2O6S. The van der Waals surface area contributed by atoms with Gasteiger partial charge in [0, 0.05) is 13.6 Å². The predicted octanol–water partition coefficient (Wildman–Crippen LogP) is 2.02. The molecule has 0 aliphatic carbocycles. The first-order valence-electron chi connectivity index (χ1n) is 9.39. The standard InChI is InChI=1S/C20H24N2O6S/c1-21(14-16-8-7-13-27-16)19(23)15-28-20(24)18-11-5-6-12-22(18)29(25,26)17-9-3-2-4-10-17/h2-4,7-10,13,18H,5-6,11-12,14-15H2,1H3. The molecule has 1 aromatic heterocycles. The van der Waals surface area contributed by atoms with Gasteiger partial charge in [-0.05, 0) is 43.5 Å². The van der Waals surface area contributed by atoms with E-state index in [1.165, 1.54) is 27.6 Å². The zero-order valence-corrected chi connectivity index (χ0v) is 17.0. The van der Waals surface area contributed by atoms with Crippen molar-refractivity contribution in [3.63, 3.8) is 0 Å². The number of likely N-dealkylation sites (N-methyl/N-ethyl adjacent to an activating group) is 1. The van der Waals surface area contributed by atoms with E-state index in [2.05, 4.69) is 0 Å². The number of rotatable bonds is 7. The molecule has 0 N–H and O–H groups in total. The largest absolute Gasteiger partial charge is 0.467 e. The lowest BCUT2D eigenvalue weighted by atomic mass is 10.1. The molecule has 1 amide bonds. The fraction of sp³-hybridized carbons (Fsp3) is 0.400. The van der Waals surface area contributed by atoms with Gasteiger partial charge in [0.15, 0.2) is 6.61 Å². The molecule has 1 aromatic carbocycles. The maximum atomic E-state index is 13.0. The van der Waals surface area contributed by atoms with Crippen LogP contribution in [0.3, 0.4) is 0 Å². The van der Waals surface area contributed by atoms with Gasteiger partial charge in [0.2, 0.25) is 10.0 Å². The number of carbonyl (C=O) groups excluding carboxylic acids is 2. The van der Waals surface area contributed by atoms with E-state index < -0.39 is 34.5 Å². The molecule has 0 saturated carbocycles. The van der Waals surface area contributed by atoms with Crippen molar-refractivity contribution in [3.05, 3.63) is 54.5 Å². The van der Waals surface area contributed by atoms with Gasteiger partial charge in [0.1, 0.15) is 11.8 Å². The molecule has 0 radical (unpaired) electrons. The van der Waals surface area contributed by atoms with E-state index in [0.29, 0.717) is 25.0 Å². The summed E-state index contributed by atoms with van der Waals surface area (Å²) < 4.78 is 37.5. The zero-order valence-electron chi connectivity index (χ0n) is 16.2. The number of benzene rings is 1. The van der Waals surface area contributed by atoms with Crippen molar-refractivity contribution in [1.29, 1.82) is 0 Å². The van der Waals surface area contributed by atoms with Gasteiger partial charge in [-0.1, -0.05) is 18.2 Å².